The van der Waals surface area contributed by atoms with Crippen LogP contribution in [0.25, 0.3) is 5.69 Å². The second kappa shape index (κ2) is 5.46. The molecule has 2 heterocycles. The van der Waals surface area contributed by atoms with Crippen LogP contribution in [0.15, 0.2) is 42.6 Å². The maximum absolute atomic E-state index is 12.3. The fourth-order valence-corrected chi connectivity index (χ4v) is 2.62. The van der Waals surface area contributed by atoms with E-state index in [2.05, 4.69) is 15.3 Å². The van der Waals surface area contributed by atoms with Crippen molar-refractivity contribution in [2.24, 2.45) is 0 Å². The SMILES string of the molecule is CN1CCCC1C(=O)Nc1ccnn1-c1ccccc1. The third kappa shape index (κ3) is 2.44. The summed E-state index contributed by atoms with van der Waals surface area (Å²) in [5.74, 6) is 0.754. The van der Waals surface area contributed by atoms with E-state index in [1.165, 1.54) is 0 Å². The van der Waals surface area contributed by atoms with Gasteiger partial charge in [-0.25, -0.2) is 4.68 Å². The number of rotatable bonds is 3. The second-order valence-corrected chi connectivity index (χ2v) is 5.09. The monoisotopic (exact) mass is 270 g/mol. The molecule has 1 fully saturated rings. The molecule has 104 valence electrons. The lowest BCUT2D eigenvalue weighted by Gasteiger charge is -2.18. The molecule has 0 aliphatic carbocycles. The van der Waals surface area contributed by atoms with Crippen LogP contribution < -0.4 is 5.32 Å². The van der Waals surface area contributed by atoms with Gasteiger partial charge in [-0.05, 0) is 38.6 Å². The highest BCUT2D eigenvalue weighted by Gasteiger charge is 2.28. The number of carbonyl (C=O) groups is 1. The minimum atomic E-state index is -0.0332. The normalized spacial score (nSPS) is 19.1. The molecule has 5 nitrogen and oxygen atoms in total. The van der Waals surface area contributed by atoms with Crippen molar-refractivity contribution in [1.82, 2.24) is 14.7 Å². The number of aromatic nitrogens is 2. The van der Waals surface area contributed by atoms with Crippen LogP contribution in [0.1, 0.15) is 12.8 Å². The summed E-state index contributed by atoms with van der Waals surface area (Å²) >= 11 is 0. The molecule has 1 aliphatic heterocycles. The summed E-state index contributed by atoms with van der Waals surface area (Å²) in [7, 11) is 1.99. The average Bonchev–Trinajstić information content (AvgIpc) is 3.08. The van der Waals surface area contributed by atoms with Crippen molar-refractivity contribution in [1.29, 1.82) is 0 Å². The molecule has 0 radical (unpaired) electrons. The lowest BCUT2D eigenvalue weighted by molar-refractivity contribution is -0.120. The minimum Gasteiger partial charge on any atom is -0.309 e. The summed E-state index contributed by atoms with van der Waals surface area (Å²) in [6.45, 7) is 0.982. The Balaban J connectivity index is 1.79. The van der Waals surface area contributed by atoms with E-state index in [0.717, 1.165) is 25.1 Å². The van der Waals surface area contributed by atoms with Crippen molar-refractivity contribution >= 4 is 11.7 Å². The van der Waals surface area contributed by atoms with E-state index in [4.69, 9.17) is 0 Å². The molecule has 5 heteroatoms. The molecule has 1 aromatic carbocycles. The number of nitrogens with one attached hydrogen (secondary N) is 1. The molecule has 1 amide bonds. The highest BCUT2D eigenvalue weighted by molar-refractivity contribution is 5.94. The van der Waals surface area contributed by atoms with Gasteiger partial charge in [0.25, 0.3) is 0 Å². The van der Waals surface area contributed by atoms with E-state index in [-0.39, 0.29) is 11.9 Å². The first-order valence-electron chi connectivity index (χ1n) is 6.86. The van der Waals surface area contributed by atoms with Crippen LogP contribution >= 0.6 is 0 Å². The summed E-state index contributed by atoms with van der Waals surface area (Å²) in [6.07, 6.45) is 3.69. The van der Waals surface area contributed by atoms with Crippen LogP contribution in [0.5, 0.6) is 0 Å². The average molecular weight is 270 g/mol. The molecular formula is C15H18N4O. The Morgan fingerprint density at radius 3 is 2.80 bits per heavy atom. The Labute approximate surface area is 118 Å². The number of benzene rings is 1. The number of anilines is 1. The number of likely N-dealkylation sites (tertiary alicyclic amines) is 1. The van der Waals surface area contributed by atoms with Gasteiger partial charge >= 0.3 is 0 Å². The molecule has 1 saturated heterocycles. The Kier molecular flexibility index (Phi) is 3.52. The molecular weight excluding hydrogens is 252 g/mol. The lowest BCUT2D eigenvalue weighted by Crippen LogP contribution is -2.37. The molecule has 1 aromatic heterocycles. The van der Waals surface area contributed by atoms with Crippen LogP contribution in [0.2, 0.25) is 0 Å². The van der Waals surface area contributed by atoms with Crippen LogP contribution in [0.3, 0.4) is 0 Å². The Bertz CT molecular complexity index is 593. The number of likely N-dealkylation sites (N-methyl/N-ethyl adjacent to an activating group) is 1. The van der Waals surface area contributed by atoms with Gasteiger partial charge in [0.15, 0.2) is 0 Å². The quantitative estimate of drug-likeness (QED) is 0.927. The van der Waals surface area contributed by atoms with Crippen molar-refractivity contribution in [3.63, 3.8) is 0 Å². The predicted octanol–water partition coefficient (Wildman–Crippen LogP) is 1.90. The first-order valence-corrected chi connectivity index (χ1v) is 6.86. The third-order valence-electron chi connectivity index (χ3n) is 3.72. The van der Waals surface area contributed by atoms with Crippen LogP contribution in [-0.2, 0) is 4.79 Å². The second-order valence-electron chi connectivity index (χ2n) is 5.09. The van der Waals surface area contributed by atoms with Crippen molar-refractivity contribution in [3.8, 4) is 5.69 Å². The van der Waals surface area contributed by atoms with E-state index in [9.17, 15) is 4.79 Å². The number of carbonyl (C=O) groups excluding carboxylic acids is 1. The van der Waals surface area contributed by atoms with E-state index in [0.29, 0.717) is 5.82 Å². The maximum atomic E-state index is 12.3. The van der Waals surface area contributed by atoms with Gasteiger partial charge < -0.3 is 5.32 Å². The molecule has 3 rings (SSSR count). The van der Waals surface area contributed by atoms with Crippen LogP contribution in [-0.4, -0.2) is 40.2 Å². The zero-order valence-corrected chi connectivity index (χ0v) is 11.5. The zero-order chi connectivity index (χ0) is 13.9. The van der Waals surface area contributed by atoms with Crippen LogP contribution in [0.4, 0.5) is 5.82 Å². The van der Waals surface area contributed by atoms with Gasteiger partial charge in [0.1, 0.15) is 5.82 Å². The summed E-state index contributed by atoms with van der Waals surface area (Å²) < 4.78 is 1.74. The predicted molar refractivity (Wildman–Crippen MR) is 77.8 cm³/mol. The molecule has 0 spiro atoms. The lowest BCUT2D eigenvalue weighted by atomic mass is 10.2. The molecule has 1 aliphatic rings. The number of nitrogens with zero attached hydrogens (tertiary/aromatic N) is 3. The number of hydrogen-bond donors (Lipinski definition) is 1. The number of para-hydroxylation sites is 1. The Hall–Kier alpha value is -2.14. The van der Waals surface area contributed by atoms with E-state index >= 15 is 0 Å². The molecule has 1 unspecified atom stereocenters. The standard InChI is InChI=1S/C15H18N4O/c1-18-11-5-8-13(18)15(20)17-14-9-10-16-19(14)12-6-3-2-4-7-12/h2-4,6-7,9-10,13H,5,8,11H2,1H3,(H,17,20). The first kappa shape index (κ1) is 12.9. The molecule has 2 aromatic rings. The number of hydrogen-bond acceptors (Lipinski definition) is 3. The summed E-state index contributed by atoms with van der Waals surface area (Å²) in [5, 5.41) is 7.25. The van der Waals surface area contributed by atoms with Gasteiger partial charge in [-0.2, -0.15) is 5.10 Å². The van der Waals surface area contributed by atoms with Gasteiger partial charge in [0.05, 0.1) is 17.9 Å². The smallest absolute Gasteiger partial charge is 0.242 e. The van der Waals surface area contributed by atoms with Gasteiger partial charge in [0.2, 0.25) is 5.91 Å². The van der Waals surface area contributed by atoms with Crippen molar-refractivity contribution in [2.45, 2.75) is 18.9 Å². The Morgan fingerprint density at radius 2 is 2.10 bits per heavy atom. The largest absolute Gasteiger partial charge is 0.309 e. The van der Waals surface area contributed by atoms with E-state index in [1.807, 2.05) is 43.4 Å². The zero-order valence-electron chi connectivity index (χ0n) is 11.5. The fraction of sp³-hybridized carbons (Fsp3) is 0.333. The molecule has 20 heavy (non-hydrogen) atoms. The molecule has 0 bridgehead atoms. The first-order chi connectivity index (χ1) is 9.75. The number of amides is 1. The molecule has 1 atom stereocenters. The minimum absolute atomic E-state index is 0.0332. The summed E-state index contributed by atoms with van der Waals surface area (Å²) in [4.78, 5) is 14.4. The maximum Gasteiger partial charge on any atom is 0.242 e. The molecule has 0 saturated carbocycles. The van der Waals surface area contributed by atoms with Gasteiger partial charge in [0, 0.05) is 6.07 Å². The third-order valence-corrected chi connectivity index (χ3v) is 3.72. The van der Waals surface area contributed by atoms with Gasteiger partial charge in [-0.15, -0.1) is 0 Å². The topological polar surface area (TPSA) is 50.2 Å². The fourth-order valence-electron chi connectivity index (χ4n) is 2.62. The van der Waals surface area contributed by atoms with Crippen molar-refractivity contribution in [3.05, 3.63) is 42.6 Å². The van der Waals surface area contributed by atoms with E-state index in [1.54, 1.807) is 10.9 Å². The van der Waals surface area contributed by atoms with Gasteiger partial charge in [-0.1, -0.05) is 18.2 Å². The summed E-state index contributed by atoms with van der Waals surface area (Å²) in [5.41, 5.74) is 0.938. The van der Waals surface area contributed by atoms with Crippen molar-refractivity contribution in [2.75, 3.05) is 18.9 Å². The highest BCUT2D eigenvalue weighted by Crippen LogP contribution is 2.19. The van der Waals surface area contributed by atoms with E-state index < -0.39 is 0 Å². The van der Waals surface area contributed by atoms with Gasteiger partial charge in [-0.3, -0.25) is 9.69 Å². The van der Waals surface area contributed by atoms with Crippen molar-refractivity contribution < 1.29 is 4.79 Å². The molecule has 1 N–H and O–H groups in total. The summed E-state index contributed by atoms with van der Waals surface area (Å²) in [6, 6.07) is 11.6. The highest BCUT2D eigenvalue weighted by atomic mass is 16.2. The Morgan fingerprint density at radius 1 is 1.30 bits per heavy atom. The van der Waals surface area contributed by atoms with Crippen LogP contribution in [0, 0.1) is 0 Å².